The molecule has 1 aliphatic heterocycles. The van der Waals surface area contributed by atoms with Gasteiger partial charge in [-0.1, -0.05) is 18.2 Å². The Labute approximate surface area is 120 Å². The molecule has 0 saturated carbocycles. The summed E-state index contributed by atoms with van der Waals surface area (Å²) in [4.78, 5) is 0. The van der Waals surface area contributed by atoms with E-state index in [4.69, 9.17) is 14.2 Å². The number of nitrogens with zero attached hydrogens (tertiary/aromatic N) is 2. The molecule has 2 heterocycles. The van der Waals surface area contributed by atoms with Gasteiger partial charge >= 0.3 is 0 Å². The van der Waals surface area contributed by atoms with Gasteiger partial charge in [0.05, 0.1) is 0 Å². The van der Waals surface area contributed by atoms with Crippen LogP contribution in [0.3, 0.4) is 0 Å². The second-order valence-electron chi connectivity index (χ2n) is 4.50. The summed E-state index contributed by atoms with van der Waals surface area (Å²) in [6, 6.07) is 13.6. The van der Waals surface area contributed by atoms with Gasteiger partial charge in [0.1, 0.15) is 11.9 Å². The maximum Gasteiger partial charge on any atom is 0.258 e. The number of nitrogens with one attached hydrogen (secondary N) is 1. The van der Waals surface area contributed by atoms with Gasteiger partial charge in [0, 0.05) is 0 Å². The molecule has 0 atom stereocenters. The first-order valence-corrected chi connectivity index (χ1v) is 6.42. The van der Waals surface area contributed by atoms with Crippen molar-refractivity contribution < 1.29 is 14.2 Å². The van der Waals surface area contributed by atoms with Crippen molar-refractivity contribution in [3.8, 4) is 34.3 Å². The first-order valence-electron chi connectivity index (χ1n) is 6.42. The summed E-state index contributed by atoms with van der Waals surface area (Å²) in [7, 11) is 0. The Bertz CT molecular complexity index is 754. The zero-order valence-electron chi connectivity index (χ0n) is 10.9. The normalized spacial score (nSPS) is 12.4. The molecule has 0 aliphatic carbocycles. The van der Waals surface area contributed by atoms with Crippen LogP contribution in [-0.4, -0.2) is 22.2 Å². The molecule has 6 heteroatoms. The maximum absolute atomic E-state index is 5.53. The summed E-state index contributed by atoms with van der Waals surface area (Å²) in [5, 5.41) is 10.0. The highest BCUT2D eigenvalue weighted by atomic mass is 16.7. The van der Waals surface area contributed by atoms with Gasteiger partial charge < -0.3 is 14.2 Å². The molecule has 1 aliphatic rings. The number of aromatic nitrogens is 3. The van der Waals surface area contributed by atoms with Gasteiger partial charge in [-0.25, -0.2) is 0 Å². The summed E-state index contributed by atoms with van der Waals surface area (Å²) in [6.07, 6.45) is 1.52. The van der Waals surface area contributed by atoms with Crippen LogP contribution in [0.25, 0.3) is 11.1 Å². The molecule has 6 nitrogen and oxygen atoms in total. The Morgan fingerprint density at radius 3 is 2.57 bits per heavy atom. The van der Waals surface area contributed by atoms with Gasteiger partial charge in [-0.15, -0.1) is 5.10 Å². The fourth-order valence-electron chi connectivity index (χ4n) is 2.15. The lowest BCUT2D eigenvalue weighted by atomic mass is 10.1. The van der Waals surface area contributed by atoms with E-state index >= 15 is 0 Å². The van der Waals surface area contributed by atoms with Gasteiger partial charge in [0.15, 0.2) is 11.5 Å². The lowest BCUT2D eigenvalue weighted by molar-refractivity contribution is 0.174. The van der Waals surface area contributed by atoms with Crippen LogP contribution in [0.2, 0.25) is 0 Å². The van der Waals surface area contributed by atoms with Crippen LogP contribution >= 0.6 is 0 Å². The van der Waals surface area contributed by atoms with E-state index in [0.29, 0.717) is 11.6 Å². The van der Waals surface area contributed by atoms with Crippen molar-refractivity contribution in [2.24, 2.45) is 0 Å². The van der Waals surface area contributed by atoms with Crippen LogP contribution in [0.1, 0.15) is 0 Å². The number of hydrogen-bond donors (Lipinski definition) is 1. The third kappa shape index (κ3) is 2.27. The summed E-state index contributed by atoms with van der Waals surface area (Å²) >= 11 is 0. The van der Waals surface area contributed by atoms with Crippen LogP contribution in [0.15, 0.2) is 48.7 Å². The van der Waals surface area contributed by atoms with Gasteiger partial charge in [-0.2, -0.15) is 10.3 Å². The predicted molar refractivity (Wildman–Crippen MR) is 74.5 cm³/mol. The van der Waals surface area contributed by atoms with Crippen molar-refractivity contribution in [1.82, 2.24) is 15.4 Å². The van der Waals surface area contributed by atoms with E-state index in [-0.39, 0.29) is 6.79 Å². The maximum atomic E-state index is 5.53. The van der Waals surface area contributed by atoms with Crippen molar-refractivity contribution in [3.63, 3.8) is 0 Å². The standard InChI is InChI=1S/C15H11N3O3/c1-4-12(21-15-8-16-18-17-15)5-2-10(1)11-3-6-13-14(7-11)20-9-19-13/h1-8H,9H2,(H,16,17,18). The molecule has 104 valence electrons. The topological polar surface area (TPSA) is 69.3 Å². The third-order valence-corrected chi connectivity index (χ3v) is 3.18. The third-order valence-electron chi connectivity index (χ3n) is 3.18. The van der Waals surface area contributed by atoms with Gasteiger partial charge in [0.25, 0.3) is 5.88 Å². The number of hydrogen-bond acceptors (Lipinski definition) is 5. The molecule has 0 bridgehead atoms. The van der Waals surface area contributed by atoms with Crippen LogP contribution in [-0.2, 0) is 0 Å². The van der Waals surface area contributed by atoms with Gasteiger partial charge in [-0.05, 0) is 35.4 Å². The van der Waals surface area contributed by atoms with E-state index in [1.165, 1.54) is 6.20 Å². The molecule has 21 heavy (non-hydrogen) atoms. The molecule has 0 amide bonds. The number of benzene rings is 2. The molecule has 0 saturated heterocycles. The molecule has 3 aromatic rings. The first kappa shape index (κ1) is 11.8. The average Bonchev–Trinajstić information content (AvgIpc) is 3.18. The Morgan fingerprint density at radius 2 is 1.76 bits per heavy atom. The van der Waals surface area contributed by atoms with E-state index in [1.807, 2.05) is 42.5 Å². The molecule has 2 aromatic carbocycles. The van der Waals surface area contributed by atoms with Crippen LogP contribution < -0.4 is 14.2 Å². The predicted octanol–water partition coefficient (Wildman–Crippen LogP) is 2.99. The minimum absolute atomic E-state index is 0.281. The van der Waals surface area contributed by atoms with Crippen molar-refractivity contribution in [3.05, 3.63) is 48.7 Å². The van der Waals surface area contributed by atoms with Gasteiger partial charge in [-0.3, -0.25) is 0 Å². The van der Waals surface area contributed by atoms with E-state index in [9.17, 15) is 0 Å². The van der Waals surface area contributed by atoms with Crippen molar-refractivity contribution in [2.45, 2.75) is 0 Å². The summed E-state index contributed by atoms with van der Waals surface area (Å²) < 4.78 is 16.2. The number of rotatable bonds is 3. The van der Waals surface area contributed by atoms with Crippen LogP contribution in [0, 0.1) is 0 Å². The Balaban J connectivity index is 1.58. The second-order valence-corrected chi connectivity index (χ2v) is 4.50. The summed E-state index contributed by atoms with van der Waals surface area (Å²) in [6.45, 7) is 0.281. The molecular formula is C15H11N3O3. The molecule has 0 fully saturated rings. The Hall–Kier alpha value is -3.02. The highest BCUT2D eigenvalue weighted by molar-refractivity contribution is 5.68. The highest BCUT2D eigenvalue weighted by Gasteiger charge is 2.13. The van der Waals surface area contributed by atoms with E-state index < -0.39 is 0 Å². The van der Waals surface area contributed by atoms with E-state index in [2.05, 4.69) is 15.4 Å². The molecule has 0 unspecified atom stereocenters. The Morgan fingerprint density at radius 1 is 0.952 bits per heavy atom. The SMILES string of the molecule is c1cc(-c2ccc3c(c2)OCO3)ccc1Oc1cn[nH]n1. The lowest BCUT2D eigenvalue weighted by Gasteiger charge is -2.05. The van der Waals surface area contributed by atoms with E-state index in [1.54, 1.807) is 0 Å². The largest absolute Gasteiger partial charge is 0.454 e. The molecule has 1 aromatic heterocycles. The minimum atomic E-state index is 0.281. The summed E-state index contributed by atoms with van der Waals surface area (Å²) in [5.41, 5.74) is 2.13. The molecular weight excluding hydrogens is 270 g/mol. The average molecular weight is 281 g/mol. The van der Waals surface area contributed by atoms with Crippen molar-refractivity contribution in [2.75, 3.05) is 6.79 Å². The number of fused-ring (bicyclic) bond motifs is 1. The monoisotopic (exact) mass is 281 g/mol. The first-order chi connectivity index (χ1) is 10.4. The highest BCUT2D eigenvalue weighted by Crippen LogP contribution is 2.36. The van der Waals surface area contributed by atoms with Crippen molar-refractivity contribution in [1.29, 1.82) is 0 Å². The quantitative estimate of drug-likeness (QED) is 0.799. The zero-order valence-corrected chi connectivity index (χ0v) is 10.9. The Kier molecular flexibility index (Phi) is 2.71. The fraction of sp³-hybridized carbons (Fsp3) is 0.0667. The molecule has 0 radical (unpaired) electrons. The van der Waals surface area contributed by atoms with Gasteiger partial charge in [0.2, 0.25) is 6.79 Å². The number of aromatic amines is 1. The number of ether oxygens (including phenoxy) is 3. The minimum Gasteiger partial charge on any atom is -0.454 e. The van der Waals surface area contributed by atoms with Crippen molar-refractivity contribution >= 4 is 0 Å². The zero-order chi connectivity index (χ0) is 14.1. The second kappa shape index (κ2) is 4.82. The molecule has 0 spiro atoms. The smallest absolute Gasteiger partial charge is 0.258 e. The molecule has 1 N–H and O–H groups in total. The number of H-pyrrole nitrogens is 1. The fourth-order valence-corrected chi connectivity index (χ4v) is 2.15. The summed E-state index contributed by atoms with van der Waals surface area (Å²) in [5.74, 6) is 2.69. The lowest BCUT2D eigenvalue weighted by Crippen LogP contribution is -1.92. The van der Waals surface area contributed by atoms with E-state index in [0.717, 1.165) is 22.6 Å². The van der Waals surface area contributed by atoms with Crippen LogP contribution in [0.4, 0.5) is 0 Å². The van der Waals surface area contributed by atoms with Crippen LogP contribution in [0.5, 0.6) is 23.1 Å². The molecule has 4 rings (SSSR count).